The van der Waals surface area contributed by atoms with Gasteiger partial charge in [0, 0.05) is 20.2 Å². The lowest BCUT2D eigenvalue weighted by atomic mass is 10.1. The first-order chi connectivity index (χ1) is 10.0. The molecule has 1 unspecified atom stereocenters. The molecule has 1 aromatic carbocycles. The van der Waals surface area contributed by atoms with Gasteiger partial charge in [0.15, 0.2) is 0 Å². The van der Waals surface area contributed by atoms with E-state index in [1.807, 2.05) is 12.1 Å². The van der Waals surface area contributed by atoms with E-state index < -0.39 is 10.0 Å². The van der Waals surface area contributed by atoms with Gasteiger partial charge in [0.05, 0.1) is 11.0 Å². The highest BCUT2D eigenvalue weighted by molar-refractivity contribution is 7.89. The summed E-state index contributed by atoms with van der Waals surface area (Å²) in [5.41, 5.74) is 6.55. The van der Waals surface area contributed by atoms with Crippen LogP contribution in [0, 0.1) is 0 Å². The first-order valence-corrected chi connectivity index (χ1v) is 8.85. The molecule has 0 radical (unpaired) electrons. The number of sulfonamides is 1. The molecular formula is C15H24N2O3S. The summed E-state index contributed by atoms with van der Waals surface area (Å²) in [6, 6.07) is 6.95. The quantitative estimate of drug-likeness (QED) is 0.861. The van der Waals surface area contributed by atoms with Gasteiger partial charge in [-0.15, -0.1) is 0 Å². The first-order valence-electron chi connectivity index (χ1n) is 7.41. The van der Waals surface area contributed by atoms with Crippen molar-refractivity contribution in [2.75, 3.05) is 26.7 Å². The van der Waals surface area contributed by atoms with E-state index in [-0.39, 0.29) is 6.10 Å². The third-order valence-corrected chi connectivity index (χ3v) is 5.64. The Hall–Kier alpha value is -0.950. The molecule has 1 aromatic rings. The molecule has 1 heterocycles. The largest absolute Gasteiger partial charge is 0.377 e. The number of benzene rings is 1. The molecule has 0 saturated carbocycles. The van der Waals surface area contributed by atoms with Crippen LogP contribution in [0.4, 0.5) is 0 Å². The van der Waals surface area contributed by atoms with Crippen LogP contribution in [-0.2, 0) is 21.2 Å². The van der Waals surface area contributed by atoms with Gasteiger partial charge in [-0.2, -0.15) is 4.31 Å². The Morgan fingerprint density at radius 3 is 2.57 bits per heavy atom. The van der Waals surface area contributed by atoms with Gasteiger partial charge < -0.3 is 10.5 Å². The normalized spacial score (nSPS) is 19.9. The molecule has 1 saturated heterocycles. The summed E-state index contributed by atoms with van der Waals surface area (Å²) in [6.45, 7) is 1.70. The maximum atomic E-state index is 12.5. The van der Waals surface area contributed by atoms with Crippen molar-refractivity contribution in [3.63, 3.8) is 0 Å². The van der Waals surface area contributed by atoms with E-state index in [1.165, 1.54) is 4.31 Å². The van der Waals surface area contributed by atoms with Crippen LogP contribution in [0.2, 0.25) is 0 Å². The number of hydrogen-bond acceptors (Lipinski definition) is 4. The maximum Gasteiger partial charge on any atom is 0.242 e. The molecule has 1 fully saturated rings. The summed E-state index contributed by atoms with van der Waals surface area (Å²) in [5.74, 6) is 0. The molecule has 21 heavy (non-hydrogen) atoms. The summed E-state index contributed by atoms with van der Waals surface area (Å²) in [4.78, 5) is 0.321. The second-order valence-corrected chi connectivity index (χ2v) is 7.50. The minimum Gasteiger partial charge on any atom is -0.377 e. The van der Waals surface area contributed by atoms with Gasteiger partial charge in [0.25, 0.3) is 0 Å². The minimum absolute atomic E-state index is 0.00929. The van der Waals surface area contributed by atoms with Crippen LogP contribution in [0.25, 0.3) is 0 Å². The number of hydrogen-bond donors (Lipinski definition) is 1. The number of nitrogens with zero attached hydrogens (tertiary/aromatic N) is 1. The topological polar surface area (TPSA) is 72.6 Å². The molecule has 5 nitrogen and oxygen atoms in total. The van der Waals surface area contributed by atoms with Crippen molar-refractivity contribution < 1.29 is 13.2 Å². The molecule has 0 spiro atoms. The van der Waals surface area contributed by atoms with Crippen molar-refractivity contribution in [1.82, 2.24) is 4.31 Å². The lowest BCUT2D eigenvalue weighted by Crippen LogP contribution is -2.37. The molecule has 6 heteroatoms. The van der Waals surface area contributed by atoms with Gasteiger partial charge in [0.2, 0.25) is 10.0 Å². The fourth-order valence-corrected chi connectivity index (χ4v) is 3.71. The van der Waals surface area contributed by atoms with Gasteiger partial charge in [-0.3, -0.25) is 0 Å². The molecule has 1 aliphatic rings. The Balaban J connectivity index is 2.05. The molecule has 0 aliphatic carbocycles. The van der Waals surface area contributed by atoms with Crippen molar-refractivity contribution >= 4 is 10.0 Å². The van der Waals surface area contributed by atoms with Gasteiger partial charge in [-0.05, 0) is 49.9 Å². The van der Waals surface area contributed by atoms with E-state index in [0.29, 0.717) is 18.0 Å². The van der Waals surface area contributed by atoms with Gasteiger partial charge in [-0.1, -0.05) is 12.1 Å². The summed E-state index contributed by atoms with van der Waals surface area (Å²) in [7, 11) is -1.84. The molecule has 1 aliphatic heterocycles. The fraction of sp³-hybridized carbons (Fsp3) is 0.600. The standard InChI is InChI=1S/C15H24N2O3S/c1-17(12-14-4-2-3-11-20-14)21(18,19)15-7-5-13(6-8-15)9-10-16/h5-8,14H,2-4,9-12,16H2,1H3. The van der Waals surface area contributed by atoms with E-state index in [0.717, 1.165) is 37.9 Å². The highest BCUT2D eigenvalue weighted by atomic mass is 32.2. The maximum absolute atomic E-state index is 12.5. The zero-order valence-corrected chi connectivity index (χ0v) is 13.3. The summed E-state index contributed by atoms with van der Waals surface area (Å²) >= 11 is 0. The lowest BCUT2D eigenvalue weighted by Gasteiger charge is -2.27. The SMILES string of the molecule is CN(CC1CCCCO1)S(=O)(=O)c1ccc(CCN)cc1. The fourth-order valence-electron chi connectivity index (χ4n) is 2.51. The average Bonchev–Trinajstić information content (AvgIpc) is 2.49. The average molecular weight is 312 g/mol. The van der Waals surface area contributed by atoms with Crippen molar-refractivity contribution in [2.45, 2.75) is 36.7 Å². The highest BCUT2D eigenvalue weighted by Gasteiger charge is 2.25. The van der Waals surface area contributed by atoms with E-state index in [9.17, 15) is 8.42 Å². The molecule has 0 bridgehead atoms. The van der Waals surface area contributed by atoms with Crippen molar-refractivity contribution in [2.24, 2.45) is 5.73 Å². The van der Waals surface area contributed by atoms with E-state index in [1.54, 1.807) is 19.2 Å². The van der Waals surface area contributed by atoms with Crippen LogP contribution in [-0.4, -0.2) is 45.6 Å². The highest BCUT2D eigenvalue weighted by Crippen LogP contribution is 2.19. The first kappa shape index (κ1) is 16.4. The van der Waals surface area contributed by atoms with Gasteiger partial charge in [0.1, 0.15) is 0 Å². The zero-order chi connectivity index (χ0) is 15.3. The third kappa shape index (κ3) is 4.26. The molecule has 0 amide bonds. The lowest BCUT2D eigenvalue weighted by molar-refractivity contribution is 0.00858. The smallest absolute Gasteiger partial charge is 0.242 e. The summed E-state index contributed by atoms with van der Waals surface area (Å²) < 4.78 is 32.0. The van der Waals surface area contributed by atoms with Gasteiger partial charge in [-0.25, -0.2) is 8.42 Å². The second kappa shape index (κ2) is 7.35. The Morgan fingerprint density at radius 2 is 2.00 bits per heavy atom. The van der Waals surface area contributed by atoms with E-state index in [2.05, 4.69) is 0 Å². The molecule has 0 aromatic heterocycles. The van der Waals surface area contributed by atoms with Crippen LogP contribution in [0.5, 0.6) is 0 Å². The second-order valence-electron chi connectivity index (χ2n) is 5.46. The van der Waals surface area contributed by atoms with Gasteiger partial charge >= 0.3 is 0 Å². The molecule has 2 rings (SSSR count). The van der Waals surface area contributed by atoms with Crippen LogP contribution in [0.15, 0.2) is 29.2 Å². The Morgan fingerprint density at radius 1 is 1.29 bits per heavy atom. The zero-order valence-electron chi connectivity index (χ0n) is 12.5. The predicted molar refractivity (Wildman–Crippen MR) is 82.6 cm³/mol. The predicted octanol–water partition coefficient (Wildman–Crippen LogP) is 1.38. The van der Waals surface area contributed by atoms with E-state index in [4.69, 9.17) is 10.5 Å². The third-order valence-electron chi connectivity index (χ3n) is 3.80. The number of rotatable bonds is 6. The van der Waals surface area contributed by atoms with E-state index >= 15 is 0 Å². The number of nitrogens with two attached hydrogens (primary N) is 1. The summed E-state index contributed by atoms with van der Waals surface area (Å²) in [6.07, 6.45) is 3.86. The van der Waals surface area contributed by atoms with Crippen molar-refractivity contribution in [1.29, 1.82) is 0 Å². The number of ether oxygens (including phenoxy) is 1. The Labute approximate surface area is 127 Å². The Bertz CT molecular complexity index is 537. The van der Waals surface area contributed by atoms with Crippen LogP contribution >= 0.6 is 0 Å². The van der Waals surface area contributed by atoms with Crippen molar-refractivity contribution in [3.8, 4) is 0 Å². The van der Waals surface area contributed by atoms with Crippen LogP contribution < -0.4 is 5.73 Å². The van der Waals surface area contributed by atoms with Crippen LogP contribution in [0.3, 0.4) is 0 Å². The van der Waals surface area contributed by atoms with Crippen LogP contribution in [0.1, 0.15) is 24.8 Å². The molecule has 118 valence electrons. The number of likely N-dealkylation sites (N-methyl/N-ethyl adjacent to an activating group) is 1. The monoisotopic (exact) mass is 312 g/mol. The Kier molecular flexibility index (Phi) is 5.75. The molecular weight excluding hydrogens is 288 g/mol. The molecule has 2 N–H and O–H groups in total. The molecule has 1 atom stereocenters. The summed E-state index contributed by atoms with van der Waals surface area (Å²) in [5, 5.41) is 0. The van der Waals surface area contributed by atoms with Crippen molar-refractivity contribution in [3.05, 3.63) is 29.8 Å². The minimum atomic E-state index is -3.45.